The summed E-state index contributed by atoms with van der Waals surface area (Å²) in [5.74, 6) is 1.91. The van der Waals surface area contributed by atoms with Gasteiger partial charge in [-0.15, -0.1) is 0 Å². The third kappa shape index (κ3) is 4.02. The molecule has 1 aliphatic heterocycles. The number of allylic oxidation sites excluding steroid dienone is 2. The Hall–Kier alpha value is -1.44. The van der Waals surface area contributed by atoms with Gasteiger partial charge in [-0.3, -0.25) is 0 Å². The van der Waals surface area contributed by atoms with E-state index in [0.29, 0.717) is 0 Å². The van der Waals surface area contributed by atoms with Gasteiger partial charge >= 0.3 is 0 Å². The normalized spacial score (nSPS) is 15.8. The van der Waals surface area contributed by atoms with Crippen LogP contribution in [-0.4, -0.2) is 12.7 Å². The van der Waals surface area contributed by atoms with Gasteiger partial charge < -0.3 is 9.47 Å². The van der Waals surface area contributed by atoms with Crippen LogP contribution in [0.5, 0.6) is 11.5 Å². The van der Waals surface area contributed by atoms with E-state index < -0.39 is 0 Å². The molecule has 1 aliphatic rings. The van der Waals surface area contributed by atoms with Crippen LogP contribution in [0, 0.1) is 0 Å². The van der Waals surface area contributed by atoms with Crippen molar-refractivity contribution in [2.24, 2.45) is 0 Å². The zero-order valence-electron chi connectivity index (χ0n) is 12.2. The molecule has 0 fully saturated rings. The summed E-state index contributed by atoms with van der Waals surface area (Å²) >= 11 is 0. The Balaban J connectivity index is 1.83. The fraction of sp³-hybridized carbons (Fsp3) is 0.529. The largest absolute Gasteiger partial charge is 0.493 e. The number of fused-ring (bicyclic) bond motifs is 1. The Kier molecular flexibility index (Phi) is 4.89. The van der Waals surface area contributed by atoms with E-state index in [1.165, 1.54) is 11.1 Å². The predicted molar refractivity (Wildman–Crippen MR) is 79.0 cm³/mol. The zero-order valence-corrected chi connectivity index (χ0v) is 12.2. The number of hydrogen-bond donors (Lipinski definition) is 0. The van der Waals surface area contributed by atoms with Gasteiger partial charge in [0.25, 0.3) is 0 Å². The summed E-state index contributed by atoms with van der Waals surface area (Å²) in [6.07, 6.45) is 6.84. The SMILES string of the molecule is CCC(C)=CCCC(C)Oc1ccc2c(c1)OCC2. The van der Waals surface area contributed by atoms with Crippen molar-refractivity contribution in [3.05, 3.63) is 35.4 Å². The molecule has 0 bridgehead atoms. The van der Waals surface area contributed by atoms with Crippen LogP contribution >= 0.6 is 0 Å². The first kappa shape index (κ1) is 14.0. The Bertz CT molecular complexity index is 449. The van der Waals surface area contributed by atoms with Gasteiger partial charge in [-0.1, -0.05) is 24.6 Å². The van der Waals surface area contributed by atoms with E-state index in [2.05, 4.69) is 39.0 Å². The fourth-order valence-electron chi connectivity index (χ4n) is 2.22. The van der Waals surface area contributed by atoms with Crippen LogP contribution in [0.2, 0.25) is 0 Å². The topological polar surface area (TPSA) is 18.5 Å². The number of benzene rings is 1. The monoisotopic (exact) mass is 260 g/mol. The van der Waals surface area contributed by atoms with E-state index in [9.17, 15) is 0 Å². The van der Waals surface area contributed by atoms with Gasteiger partial charge in [-0.05, 0) is 44.7 Å². The first-order valence-electron chi connectivity index (χ1n) is 7.27. The van der Waals surface area contributed by atoms with Crippen molar-refractivity contribution in [3.63, 3.8) is 0 Å². The standard InChI is InChI=1S/C17H24O2/c1-4-13(2)6-5-7-14(3)19-16-9-8-15-10-11-18-17(15)12-16/h6,8-9,12,14H,4-5,7,10-11H2,1-3H3. The van der Waals surface area contributed by atoms with Gasteiger partial charge in [0.1, 0.15) is 11.5 Å². The van der Waals surface area contributed by atoms with Gasteiger partial charge in [-0.2, -0.15) is 0 Å². The highest BCUT2D eigenvalue weighted by Crippen LogP contribution is 2.30. The quantitative estimate of drug-likeness (QED) is 0.700. The summed E-state index contributed by atoms with van der Waals surface area (Å²) in [4.78, 5) is 0. The van der Waals surface area contributed by atoms with E-state index in [1.54, 1.807) is 0 Å². The Labute approximate surface area is 116 Å². The van der Waals surface area contributed by atoms with Crippen LogP contribution < -0.4 is 9.47 Å². The molecule has 2 nitrogen and oxygen atoms in total. The second-order valence-corrected chi connectivity index (χ2v) is 5.28. The zero-order chi connectivity index (χ0) is 13.7. The van der Waals surface area contributed by atoms with Crippen molar-refractivity contribution in [3.8, 4) is 11.5 Å². The van der Waals surface area contributed by atoms with Gasteiger partial charge in [0.15, 0.2) is 0 Å². The molecule has 104 valence electrons. The molecule has 1 unspecified atom stereocenters. The lowest BCUT2D eigenvalue weighted by atomic mass is 10.1. The Morgan fingerprint density at radius 3 is 3.11 bits per heavy atom. The lowest BCUT2D eigenvalue weighted by Crippen LogP contribution is -2.11. The van der Waals surface area contributed by atoms with Crippen molar-refractivity contribution in [1.82, 2.24) is 0 Å². The second-order valence-electron chi connectivity index (χ2n) is 5.28. The van der Waals surface area contributed by atoms with E-state index in [4.69, 9.17) is 9.47 Å². The van der Waals surface area contributed by atoms with Crippen LogP contribution in [0.1, 0.15) is 45.6 Å². The van der Waals surface area contributed by atoms with E-state index >= 15 is 0 Å². The third-order valence-corrected chi connectivity index (χ3v) is 3.63. The molecule has 0 spiro atoms. The molecule has 0 amide bonds. The lowest BCUT2D eigenvalue weighted by Gasteiger charge is -2.14. The second kappa shape index (κ2) is 6.65. The Morgan fingerprint density at radius 1 is 1.47 bits per heavy atom. The molecular weight excluding hydrogens is 236 g/mol. The maximum Gasteiger partial charge on any atom is 0.126 e. The third-order valence-electron chi connectivity index (χ3n) is 3.63. The average molecular weight is 260 g/mol. The molecule has 0 saturated heterocycles. The van der Waals surface area contributed by atoms with Crippen molar-refractivity contribution >= 4 is 0 Å². The van der Waals surface area contributed by atoms with Gasteiger partial charge in [0.05, 0.1) is 12.7 Å². The average Bonchev–Trinajstić information content (AvgIpc) is 2.85. The molecule has 2 heteroatoms. The van der Waals surface area contributed by atoms with E-state index in [1.807, 2.05) is 6.07 Å². The maximum absolute atomic E-state index is 5.95. The highest BCUT2D eigenvalue weighted by atomic mass is 16.5. The molecule has 0 aliphatic carbocycles. The van der Waals surface area contributed by atoms with Crippen molar-refractivity contribution < 1.29 is 9.47 Å². The van der Waals surface area contributed by atoms with Crippen LogP contribution in [0.15, 0.2) is 29.8 Å². The van der Waals surface area contributed by atoms with Crippen molar-refractivity contribution in [2.45, 2.75) is 52.6 Å². The molecule has 0 N–H and O–H groups in total. The molecule has 19 heavy (non-hydrogen) atoms. The molecule has 1 aromatic carbocycles. The highest BCUT2D eigenvalue weighted by Gasteiger charge is 2.13. The maximum atomic E-state index is 5.95. The summed E-state index contributed by atoms with van der Waals surface area (Å²) in [5, 5.41) is 0. The number of hydrogen-bond acceptors (Lipinski definition) is 2. The number of ether oxygens (including phenoxy) is 2. The first-order chi connectivity index (χ1) is 9.19. The highest BCUT2D eigenvalue weighted by molar-refractivity contribution is 5.42. The van der Waals surface area contributed by atoms with E-state index in [-0.39, 0.29) is 6.10 Å². The summed E-state index contributed by atoms with van der Waals surface area (Å²) in [6.45, 7) is 7.30. The summed E-state index contributed by atoms with van der Waals surface area (Å²) in [5.41, 5.74) is 2.75. The molecule has 0 aromatic heterocycles. The molecule has 1 atom stereocenters. The van der Waals surface area contributed by atoms with Gasteiger partial charge in [0, 0.05) is 12.5 Å². The minimum atomic E-state index is 0.236. The molecule has 0 saturated carbocycles. The van der Waals surface area contributed by atoms with E-state index in [0.717, 1.165) is 43.8 Å². The minimum absolute atomic E-state index is 0.236. The van der Waals surface area contributed by atoms with Crippen LogP contribution in [0.3, 0.4) is 0 Å². The summed E-state index contributed by atoms with van der Waals surface area (Å²) < 4.78 is 11.5. The van der Waals surface area contributed by atoms with Gasteiger partial charge in [-0.25, -0.2) is 0 Å². The first-order valence-corrected chi connectivity index (χ1v) is 7.27. The molecule has 0 radical (unpaired) electrons. The lowest BCUT2D eigenvalue weighted by molar-refractivity contribution is 0.211. The molecular formula is C17H24O2. The summed E-state index contributed by atoms with van der Waals surface area (Å²) in [7, 11) is 0. The Morgan fingerprint density at radius 2 is 2.32 bits per heavy atom. The molecule has 2 rings (SSSR count). The summed E-state index contributed by atoms with van der Waals surface area (Å²) in [6, 6.07) is 6.19. The van der Waals surface area contributed by atoms with Crippen LogP contribution in [0.25, 0.3) is 0 Å². The van der Waals surface area contributed by atoms with Crippen molar-refractivity contribution in [2.75, 3.05) is 6.61 Å². The minimum Gasteiger partial charge on any atom is -0.493 e. The van der Waals surface area contributed by atoms with Gasteiger partial charge in [0.2, 0.25) is 0 Å². The predicted octanol–water partition coefficient (Wildman–Crippen LogP) is 4.53. The molecule has 1 aromatic rings. The van der Waals surface area contributed by atoms with Crippen molar-refractivity contribution in [1.29, 1.82) is 0 Å². The molecule has 1 heterocycles. The van der Waals surface area contributed by atoms with Crippen LogP contribution in [-0.2, 0) is 6.42 Å². The van der Waals surface area contributed by atoms with Crippen LogP contribution in [0.4, 0.5) is 0 Å². The smallest absolute Gasteiger partial charge is 0.126 e. The number of rotatable bonds is 6. The fourth-order valence-corrected chi connectivity index (χ4v) is 2.22.